The highest BCUT2D eigenvalue weighted by Crippen LogP contribution is 2.23. The number of nitrogens with zero attached hydrogens (tertiary/aromatic N) is 4. The first-order valence-corrected chi connectivity index (χ1v) is 9.92. The molecule has 1 aliphatic rings. The number of rotatable bonds is 5. The van der Waals surface area contributed by atoms with Crippen molar-refractivity contribution in [3.05, 3.63) is 34.0 Å². The highest BCUT2D eigenvalue weighted by atomic mass is 32.1. The normalized spacial score (nSPS) is 21.3. The molecule has 0 bridgehead atoms. The molecule has 0 spiro atoms. The molecule has 3 rings (SSSR count). The molecule has 1 aliphatic carbocycles. The lowest BCUT2D eigenvalue weighted by Gasteiger charge is -2.29. The molecule has 0 aromatic carbocycles. The van der Waals surface area contributed by atoms with Gasteiger partial charge in [-0.25, -0.2) is 4.99 Å². The van der Waals surface area contributed by atoms with E-state index < -0.39 is 0 Å². The summed E-state index contributed by atoms with van der Waals surface area (Å²) >= 11 is 1.76. The average molecular weight is 361 g/mol. The Bertz CT molecular complexity index is 690. The van der Waals surface area contributed by atoms with Gasteiger partial charge in [-0.1, -0.05) is 25.8 Å². The lowest BCUT2D eigenvalue weighted by atomic mass is 9.87. The van der Waals surface area contributed by atoms with Crippen molar-refractivity contribution in [1.29, 1.82) is 0 Å². The van der Waals surface area contributed by atoms with Gasteiger partial charge in [-0.2, -0.15) is 0 Å². The first-order chi connectivity index (χ1) is 12.1. The topological polar surface area (TPSA) is 67.1 Å². The van der Waals surface area contributed by atoms with Crippen LogP contribution in [0.25, 0.3) is 0 Å². The van der Waals surface area contributed by atoms with E-state index in [0.717, 1.165) is 30.1 Å². The van der Waals surface area contributed by atoms with E-state index in [1.807, 2.05) is 18.5 Å². The van der Waals surface area contributed by atoms with Crippen molar-refractivity contribution in [3.63, 3.8) is 0 Å². The maximum absolute atomic E-state index is 4.76. The number of nitrogens with one attached hydrogen (secondary N) is 2. The summed E-state index contributed by atoms with van der Waals surface area (Å²) in [6.07, 6.45) is 5.06. The predicted octanol–water partition coefficient (Wildman–Crippen LogP) is 3.00. The van der Waals surface area contributed by atoms with Crippen molar-refractivity contribution in [1.82, 2.24) is 25.4 Å². The summed E-state index contributed by atoms with van der Waals surface area (Å²) in [5.74, 6) is 3.44. The van der Waals surface area contributed by atoms with Crippen molar-refractivity contribution in [2.24, 2.45) is 18.0 Å². The molecule has 6 nitrogen and oxygen atoms in total. The van der Waals surface area contributed by atoms with Gasteiger partial charge in [-0.05, 0) is 37.1 Å². The predicted molar refractivity (Wildman–Crippen MR) is 103 cm³/mol. The monoisotopic (exact) mass is 360 g/mol. The molecule has 2 aromatic rings. The van der Waals surface area contributed by atoms with Gasteiger partial charge >= 0.3 is 0 Å². The lowest BCUT2D eigenvalue weighted by Crippen LogP contribution is -2.44. The van der Waals surface area contributed by atoms with Gasteiger partial charge < -0.3 is 15.2 Å². The summed E-state index contributed by atoms with van der Waals surface area (Å²) in [5, 5.41) is 17.5. The molecule has 0 amide bonds. The molecular formula is C18H28N6S. The number of hydrogen-bond acceptors (Lipinski definition) is 4. The van der Waals surface area contributed by atoms with Crippen LogP contribution in [0.3, 0.4) is 0 Å². The smallest absolute Gasteiger partial charge is 0.192 e. The number of aryl methyl sites for hydroxylation is 1. The van der Waals surface area contributed by atoms with Crippen molar-refractivity contribution in [3.8, 4) is 0 Å². The van der Waals surface area contributed by atoms with Crippen LogP contribution in [-0.2, 0) is 20.1 Å². The van der Waals surface area contributed by atoms with Crippen LogP contribution in [0.1, 0.15) is 49.1 Å². The standard InChI is InChI=1S/C18H28N6S/c1-13-6-4-7-15(10-13)21-18(19-11-16-8-5-9-25-16)20-12-17-23-22-14(2)24(17)3/h5,8-9,13,15H,4,6-7,10-12H2,1-3H3,(H2,19,20,21). The largest absolute Gasteiger partial charge is 0.354 e. The van der Waals surface area contributed by atoms with Crippen molar-refractivity contribution < 1.29 is 0 Å². The van der Waals surface area contributed by atoms with E-state index in [2.05, 4.69) is 45.3 Å². The van der Waals surface area contributed by atoms with E-state index >= 15 is 0 Å². The Morgan fingerprint density at radius 3 is 2.96 bits per heavy atom. The summed E-state index contributed by atoms with van der Waals surface area (Å²) in [7, 11) is 1.98. The Morgan fingerprint density at radius 1 is 1.40 bits per heavy atom. The minimum Gasteiger partial charge on any atom is -0.354 e. The fraction of sp³-hybridized carbons (Fsp3) is 0.611. The molecule has 136 valence electrons. The van der Waals surface area contributed by atoms with Crippen LogP contribution < -0.4 is 10.6 Å². The molecule has 25 heavy (non-hydrogen) atoms. The zero-order valence-corrected chi connectivity index (χ0v) is 16.1. The molecule has 2 unspecified atom stereocenters. The Labute approximate surface area is 153 Å². The number of hydrogen-bond donors (Lipinski definition) is 2. The summed E-state index contributed by atoms with van der Waals surface area (Å²) in [6.45, 7) is 5.62. The SMILES string of the molecule is Cc1nnc(CN=C(NCc2cccs2)NC2CCCC(C)C2)n1C. The van der Waals surface area contributed by atoms with E-state index in [4.69, 9.17) is 4.99 Å². The third kappa shape index (κ3) is 5.04. The first kappa shape index (κ1) is 17.9. The van der Waals surface area contributed by atoms with Crippen molar-refractivity contribution >= 4 is 17.3 Å². The third-order valence-electron chi connectivity index (χ3n) is 4.85. The van der Waals surface area contributed by atoms with Gasteiger partial charge in [-0.15, -0.1) is 21.5 Å². The Kier molecular flexibility index (Phi) is 6.07. The third-order valence-corrected chi connectivity index (χ3v) is 5.73. The highest BCUT2D eigenvalue weighted by Gasteiger charge is 2.19. The van der Waals surface area contributed by atoms with Crippen LogP contribution in [0.5, 0.6) is 0 Å². The molecule has 7 heteroatoms. The van der Waals surface area contributed by atoms with Crippen molar-refractivity contribution in [2.45, 2.75) is 58.7 Å². The van der Waals surface area contributed by atoms with Crippen LogP contribution in [0, 0.1) is 12.8 Å². The molecular weight excluding hydrogens is 332 g/mol. The second kappa shape index (κ2) is 8.47. The summed E-state index contributed by atoms with van der Waals surface area (Å²) in [6, 6.07) is 4.72. The number of thiophene rings is 1. The van der Waals surface area contributed by atoms with Gasteiger partial charge in [0.1, 0.15) is 12.4 Å². The lowest BCUT2D eigenvalue weighted by molar-refractivity contribution is 0.324. The van der Waals surface area contributed by atoms with E-state index in [9.17, 15) is 0 Å². The Morgan fingerprint density at radius 2 is 2.28 bits per heavy atom. The molecule has 0 aliphatic heterocycles. The second-order valence-corrected chi connectivity index (χ2v) is 7.97. The maximum atomic E-state index is 4.76. The maximum Gasteiger partial charge on any atom is 0.192 e. The van der Waals surface area contributed by atoms with E-state index in [0.29, 0.717) is 12.6 Å². The molecule has 1 saturated carbocycles. The fourth-order valence-electron chi connectivity index (χ4n) is 3.23. The van der Waals surface area contributed by atoms with Gasteiger partial charge in [0.2, 0.25) is 0 Å². The molecule has 2 N–H and O–H groups in total. The number of aliphatic imine (C=N–C) groups is 1. The average Bonchev–Trinajstić information content (AvgIpc) is 3.22. The van der Waals surface area contributed by atoms with Gasteiger partial charge in [0.15, 0.2) is 11.8 Å². The summed E-state index contributed by atoms with van der Waals surface area (Å²) < 4.78 is 1.99. The quantitative estimate of drug-likeness (QED) is 0.635. The molecule has 2 aromatic heterocycles. The van der Waals surface area contributed by atoms with Crippen LogP contribution >= 0.6 is 11.3 Å². The summed E-state index contributed by atoms with van der Waals surface area (Å²) in [4.78, 5) is 6.07. The number of guanidine groups is 1. The van der Waals surface area contributed by atoms with Gasteiger partial charge in [0, 0.05) is 18.0 Å². The zero-order chi connectivity index (χ0) is 17.6. The van der Waals surface area contributed by atoms with Crippen LogP contribution in [0.4, 0.5) is 0 Å². The molecule has 0 radical (unpaired) electrons. The van der Waals surface area contributed by atoms with Gasteiger partial charge in [-0.3, -0.25) is 0 Å². The molecule has 2 heterocycles. The zero-order valence-electron chi connectivity index (χ0n) is 15.3. The fourth-order valence-corrected chi connectivity index (χ4v) is 3.88. The van der Waals surface area contributed by atoms with E-state index in [1.54, 1.807) is 11.3 Å². The van der Waals surface area contributed by atoms with Crippen LogP contribution in [0.15, 0.2) is 22.5 Å². The van der Waals surface area contributed by atoms with Crippen LogP contribution in [-0.4, -0.2) is 26.8 Å². The minimum atomic E-state index is 0.500. The van der Waals surface area contributed by atoms with Gasteiger partial charge in [0.05, 0.1) is 6.54 Å². The first-order valence-electron chi connectivity index (χ1n) is 9.04. The van der Waals surface area contributed by atoms with E-state index in [-0.39, 0.29) is 0 Å². The molecule has 0 saturated heterocycles. The Hall–Kier alpha value is -1.89. The highest BCUT2D eigenvalue weighted by molar-refractivity contribution is 7.09. The van der Waals surface area contributed by atoms with Gasteiger partial charge in [0.25, 0.3) is 0 Å². The Balaban J connectivity index is 1.66. The summed E-state index contributed by atoms with van der Waals surface area (Å²) in [5.41, 5.74) is 0. The second-order valence-electron chi connectivity index (χ2n) is 6.93. The van der Waals surface area contributed by atoms with E-state index in [1.165, 1.54) is 30.6 Å². The van der Waals surface area contributed by atoms with Crippen LogP contribution in [0.2, 0.25) is 0 Å². The van der Waals surface area contributed by atoms with Crippen molar-refractivity contribution in [2.75, 3.05) is 0 Å². The molecule has 2 atom stereocenters. The minimum absolute atomic E-state index is 0.500. The molecule has 1 fully saturated rings. The number of aromatic nitrogens is 3.